The summed E-state index contributed by atoms with van der Waals surface area (Å²) in [7, 11) is -3.74. The summed E-state index contributed by atoms with van der Waals surface area (Å²) < 4.78 is 32.5. The number of nitrogens with zero attached hydrogens (tertiary/aromatic N) is 1. The maximum absolute atomic E-state index is 13.1. The molecule has 1 amide bonds. The van der Waals surface area contributed by atoms with Crippen LogP contribution < -0.4 is 5.32 Å². The monoisotopic (exact) mass is 442 g/mol. The van der Waals surface area contributed by atoms with Gasteiger partial charge in [0.1, 0.15) is 0 Å². The third-order valence-electron chi connectivity index (χ3n) is 4.93. The average Bonchev–Trinajstić information content (AvgIpc) is 2.79. The molecule has 1 N–H and O–H groups in total. The molecular weight excluding hydrogens is 416 g/mol. The van der Waals surface area contributed by atoms with Crippen molar-refractivity contribution in [2.45, 2.75) is 31.1 Å². The molecule has 0 aromatic heterocycles. The van der Waals surface area contributed by atoms with Crippen LogP contribution in [0, 0.1) is 0 Å². The zero-order valence-corrected chi connectivity index (χ0v) is 18.2. The molecular formula is C23H26N2O5S. The van der Waals surface area contributed by atoms with E-state index in [0.29, 0.717) is 25.4 Å². The highest BCUT2D eigenvalue weighted by Gasteiger charge is 2.29. The molecule has 0 aliphatic carbocycles. The van der Waals surface area contributed by atoms with Gasteiger partial charge in [-0.05, 0) is 55.7 Å². The van der Waals surface area contributed by atoms with Crippen molar-refractivity contribution >= 4 is 33.7 Å². The Morgan fingerprint density at radius 2 is 1.71 bits per heavy atom. The minimum Gasteiger partial charge on any atom is -0.463 e. The molecule has 164 valence electrons. The Balaban J connectivity index is 1.75. The second-order valence-corrected chi connectivity index (χ2v) is 9.03. The summed E-state index contributed by atoms with van der Waals surface area (Å²) in [5.74, 6) is -0.919. The lowest BCUT2D eigenvalue weighted by Crippen LogP contribution is -2.36. The van der Waals surface area contributed by atoms with Crippen molar-refractivity contribution in [1.29, 1.82) is 0 Å². The molecule has 1 heterocycles. The number of anilines is 1. The number of carbonyl (C=O) groups is 2. The van der Waals surface area contributed by atoms with Crippen LogP contribution in [0.15, 0.2) is 59.5 Å². The summed E-state index contributed by atoms with van der Waals surface area (Å²) >= 11 is 0. The topological polar surface area (TPSA) is 92.8 Å². The minimum atomic E-state index is -3.74. The van der Waals surface area contributed by atoms with Crippen LogP contribution in [0.25, 0.3) is 6.08 Å². The van der Waals surface area contributed by atoms with E-state index in [4.69, 9.17) is 4.74 Å². The molecule has 0 radical (unpaired) electrons. The summed E-state index contributed by atoms with van der Waals surface area (Å²) in [5.41, 5.74) is 1.39. The number of nitrogens with one attached hydrogen (secondary N) is 1. The largest absolute Gasteiger partial charge is 0.463 e. The summed E-state index contributed by atoms with van der Waals surface area (Å²) in [4.78, 5) is 24.3. The molecule has 31 heavy (non-hydrogen) atoms. The molecule has 0 spiro atoms. The Morgan fingerprint density at radius 3 is 2.39 bits per heavy atom. The van der Waals surface area contributed by atoms with Crippen LogP contribution in [0.5, 0.6) is 0 Å². The normalized spacial score (nSPS) is 15.0. The number of ether oxygens (including phenoxy) is 1. The standard InChI is InChI=1S/C23H26N2O5S/c1-2-30-22(26)15-12-18-10-13-19(14-11-18)24-23(27)20-8-4-5-9-21(20)31(28,29)25-16-6-3-7-17-25/h4-5,8-15H,2-3,6-7,16-17H2,1H3,(H,24,27)/b15-12+. The minimum absolute atomic E-state index is 0.0170. The van der Waals surface area contributed by atoms with E-state index in [0.717, 1.165) is 24.8 Å². The van der Waals surface area contributed by atoms with Crippen LogP contribution in [0.3, 0.4) is 0 Å². The van der Waals surface area contributed by atoms with E-state index in [2.05, 4.69) is 5.32 Å². The van der Waals surface area contributed by atoms with Crippen molar-refractivity contribution in [1.82, 2.24) is 4.31 Å². The van der Waals surface area contributed by atoms with Crippen molar-refractivity contribution in [2.24, 2.45) is 0 Å². The van der Waals surface area contributed by atoms with E-state index < -0.39 is 21.9 Å². The first-order valence-electron chi connectivity index (χ1n) is 10.3. The van der Waals surface area contributed by atoms with E-state index in [9.17, 15) is 18.0 Å². The van der Waals surface area contributed by atoms with E-state index in [1.807, 2.05) is 0 Å². The van der Waals surface area contributed by atoms with Gasteiger partial charge in [-0.15, -0.1) is 0 Å². The Labute approximate surface area is 182 Å². The van der Waals surface area contributed by atoms with Gasteiger partial charge in [-0.25, -0.2) is 13.2 Å². The number of sulfonamides is 1. The lowest BCUT2D eigenvalue weighted by Gasteiger charge is -2.26. The summed E-state index contributed by atoms with van der Waals surface area (Å²) in [5, 5.41) is 2.75. The molecule has 0 bridgehead atoms. The van der Waals surface area contributed by atoms with Crippen LogP contribution in [0.4, 0.5) is 5.69 Å². The second kappa shape index (κ2) is 10.4. The van der Waals surface area contributed by atoms with Crippen molar-refractivity contribution < 1.29 is 22.7 Å². The number of benzene rings is 2. The molecule has 1 fully saturated rings. The van der Waals surface area contributed by atoms with Crippen LogP contribution in [-0.4, -0.2) is 44.3 Å². The fourth-order valence-electron chi connectivity index (χ4n) is 3.35. The molecule has 0 atom stereocenters. The van der Waals surface area contributed by atoms with Gasteiger partial charge in [0.15, 0.2) is 0 Å². The average molecular weight is 443 g/mol. The van der Waals surface area contributed by atoms with Crippen molar-refractivity contribution in [3.05, 3.63) is 65.7 Å². The predicted molar refractivity (Wildman–Crippen MR) is 119 cm³/mol. The molecule has 1 aliphatic rings. The quantitative estimate of drug-likeness (QED) is 0.521. The SMILES string of the molecule is CCOC(=O)/C=C/c1ccc(NC(=O)c2ccccc2S(=O)(=O)N2CCCCC2)cc1. The number of carbonyl (C=O) groups excluding carboxylic acids is 2. The zero-order chi connectivity index (χ0) is 22.3. The van der Waals surface area contributed by atoms with E-state index in [1.54, 1.807) is 49.4 Å². The number of hydrogen-bond acceptors (Lipinski definition) is 5. The summed E-state index contributed by atoms with van der Waals surface area (Å²) in [6.45, 7) is 2.99. The molecule has 7 nitrogen and oxygen atoms in total. The van der Waals surface area contributed by atoms with Crippen molar-refractivity contribution in [3.63, 3.8) is 0 Å². The molecule has 8 heteroatoms. The summed E-state index contributed by atoms with van der Waals surface area (Å²) in [6, 6.07) is 13.1. The second-order valence-electron chi connectivity index (χ2n) is 7.12. The van der Waals surface area contributed by atoms with Gasteiger partial charge < -0.3 is 10.1 Å². The molecule has 2 aromatic rings. The fourth-order valence-corrected chi connectivity index (χ4v) is 5.06. The van der Waals surface area contributed by atoms with E-state index in [-0.39, 0.29) is 10.5 Å². The molecule has 0 saturated carbocycles. The number of piperidine rings is 1. The van der Waals surface area contributed by atoms with E-state index in [1.165, 1.54) is 22.5 Å². The maximum atomic E-state index is 13.1. The third-order valence-corrected chi connectivity index (χ3v) is 6.89. The highest BCUT2D eigenvalue weighted by Crippen LogP contribution is 2.24. The maximum Gasteiger partial charge on any atom is 0.330 e. The number of esters is 1. The van der Waals surface area contributed by atoms with Crippen LogP contribution in [-0.2, 0) is 19.6 Å². The molecule has 3 rings (SSSR count). The molecule has 0 unspecified atom stereocenters. The highest BCUT2D eigenvalue weighted by molar-refractivity contribution is 7.89. The number of hydrogen-bond donors (Lipinski definition) is 1. The number of amides is 1. The summed E-state index contributed by atoms with van der Waals surface area (Å²) in [6.07, 6.45) is 5.61. The third kappa shape index (κ3) is 5.80. The van der Waals surface area contributed by atoms with Crippen molar-refractivity contribution in [3.8, 4) is 0 Å². The molecule has 1 saturated heterocycles. The molecule has 1 aliphatic heterocycles. The lowest BCUT2D eigenvalue weighted by molar-refractivity contribution is -0.137. The van der Waals surface area contributed by atoms with Gasteiger partial charge in [-0.3, -0.25) is 4.79 Å². The Hall–Kier alpha value is -2.97. The number of rotatable bonds is 7. The first kappa shape index (κ1) is 22.7. The van der Waals surface area contributed by atoms with Gasteiger partial charge in [0.25, 0.3) is 5.91 Å². The van der Waals surface area contributed by atoms with Crippen LogP contribution in [0.1, 0.15) is 42.1 Å². The van der Waals surface area contributed by atoms with E-state index >= 15 is 0 Å². The Bertz CT molecular complexity index is 1060. The van der Waals surface area contributed by atoms with Gasteiger partial charge in [-0.1, -0.05) is 30.7 Å². The van der Waals surface area contributed by atoms with Crippen LogP contribution in [0.2, 0.25) is 0 Å². The van der Waals surface area contributed by atoms with Gasteiger partial charge in [0, 0.05) is 24.9 Å². The Morgan fingerprint density at radius 1 is 1.03 bits per heavy atom. The van der Waals surface area contributed by atoms with Crippen molar-refractivity contribution in [2.75, 3.05) is 25.0 Å². The highest BCUT2D eigenvalue weighted by atomic mass is 32.2. The zero-order valence-electron chi connectivity index (χ0n) is 17.4. The van der Waals surface area contributed by atoms with Crippen LogP contribution >= 0.6 is 0 Å². The molecule has 2 aromatic carbocycles. The Kier molecular flexibility index (Phi) is 7.59. The first-order valence-corrected chi connectivity index (χ1v) is 11.7. The van der Waals surface area contributed by atoms with Gasteiger partial charge in [0.2, 0.25) is 10.0 Å². The first-order chi connectivity index (χ1) is 14.9. The van der Waals surface area contributed by atoms with Gasteiger partial charge in [-0.2, -0.15) is 4.31 Å². The van der Waals surface area contributed by atoms with Gasteiger partial charge >= 0.3 is 5.97 Å². The predicted octanol–water partition coefficient (Wildman–Crippen LogP) is 3.69. The fraction of sp³-hybridized carbons (Fsp3) is 0.304. The van der Waals surface area contributed by atoms with Gasteiger partial charge in [0.05, 0.1) is 17.1 Å². The smallest absolute Gasteiger partial charge is 0.330 e. The lowest BCUT2D eigenvalue weighted by atomic mass is 10.1.